The molecule has 0 radical (unpaired) electrons. The van der Waals surface area contributed by atoms with Crippen molar-refractivity contribution in [3.63, 3.8) is 0 Å². The molecule has 3 atom stereocenters. The normalized spacial score (nSPS) is 14.0. The Balaban J connectivity index is 0.000000240. The summed E-state index contributed by atoms with van der Waals surface area (Å²) < 4.78 is 0. The molecule has 0 unspecified atom stereocenters. The molecule has 0 saturated heterocycles. The monoisotopic (exact) mass is 353 g/mol. The van der Waals surface area contributed by atoms with Gasteiger partial charge in [-0.1, -0.05) is 60.1 Å². The van der Waals surface area contributed by atoms with Crippen molar-refractivity contribution in [2.45, 2.75) is 18.2 Å². The molecule has 2 aromatic rings. The standard InChI is InChI=1S/C9H13NO2.C8H7ClO3/c10-8(6-11)9(12)7-4-2-1-3-5-7;9-6-4-2-1-3-5(6)7(10)8(11)12/h1-5,8-9,11-12H,6,10H2;1-4,7,10H,(H,11,12)/t8-,9-;7-/m00/s1. The largest absolute Gasteiger partial charge is 0.479 e. The topological polar surface area (TPSA) is 124 Å². The van der Waals surface area contributed by atoms with E-state index in [4.69, 9.17) is 32.7 Å². The molecular formula is C17H20ClNO5. The van der Waals surface area contributed by atoms with Gasteiger partial charge in [-0.3, -0.25) is 0 Å². The average molecular weight is 354 g/mol. The zero-order valence-corrected chi connectivity index (χ0v) is 13.5. The lowest BCUT2D eigenvalue weighted by atomic mass is 10.0. The first kappa shape index (κ1) is 20.1. The van der Waals surface area contributed by atoms with Gasteiger partial charge in [-0.2, -0.15) is 0 Å². The lowest BCUT2D eigenvalue weighted by Gasteiger charge is -2.16. The number of carbonyl (C=O) groups is 1. The number of hydrogen-bond donors (Lipinski definition) is 5. The van der Waals surface area contributed by atoms with Crippen molar-refractivity contribution in [3.05, 3.63) is 70.7 Å². The lowest BCUT2D eigenvalue weighted by Crippen LogP contribution is -2.31. The van der Waals surface area contributed by atoms with Crippen LogP contribution in [0.3, 0.4) is 0 Å². The Morgan fingerprint density at radius 3 is 2.08 bits per heavy atom. The van der Waals surface area contributed by atoms with Crippen LogP contribution in [0.5, 0.6) is 0 Å². The van der Waals surface area contributed by atoms with Crippen LogP contribution in [0, 0.1) is 0 Å². The molecule has 2 aromatic carbocycles. The predicted molar refractivity (Wildman–Crippen MR) is 90.5 cm³/mol. The van der Waals surface area contributed by atoms with Crippen molar-refractivity contribution in [2.75, 3.05) is 6.61 Å². The SMILES string of the molecule is N[C@@H](CO)[C@@H](O)c1ccccc1.O=C(O)[C@@H](O)c1ccccc1Cl. The van der Waals surface area contributed by atoms with E-state index >= 15 is 0 Å². The van der Waals surface area contributed by atoms with Gasteiger partial charge in [-0.25, -0.2) is 4.79 Å². The quantitative estimate of drug-likeness (QED) is 0.555. The molecule has 6 N–H and O–H groups in total. The van der Waals surface area contributed by atoms with Crippen LogP contribution in [-0.2, 0) is 4.79 Å². The molecule has 24 heavy (non-hydrogen) atoms. The molecule has 0 saturated carbocycles. The smallest absolute Gasteiger partial charge is 0.337 e. The number of halogens is 1. The van der Waals surface area contributed by atoms with Crippen LogP contribution in [-0.4, -0.2) is 39.0 Å². The highest BCUT2D eigenvalue weighted by Gasteiger charge is 2.17. The first-order chi connectivity index (χ1) is 11.4. The van der Waals surface area contributed by atoms with E-state index in [1.807, 2.05) is 18.2 Å². The fourth-order valence-electron chi connectivity index (χ4n) is 1.83. The van der Waals surface area contributed by atoms with Crippen LogP contribution in [0.2, 0.25) is 5.02 Å². The van der Waals surface area contributed by atoms with Gasteiger partial charge in [0.2, 0.25) is 0 Å². The van der Waals surface area contributed by atoms with Crippen molar-refractivity contribution in [1.82, 2.24) is 0 Å². The van der Waals surface area contributed by atoms with Gasteiger partial charge in [0.15, 0.2) is 6.10 Å². The molecule has 130 valence electrons. The summed E-state index contributed by atoms with van der Waals surface area (Å²) in [5.41, 5.74) is 6.40. The zero-order valence-electron chi connectivity index (χ0n) is 12.8. The molecular weight excluding hydrogens is 334 g/mol. The third-order valence-electron chi connectivity index (χ3n) is 3.19. The van der Waals surface area contributed by atoms with Crippen molar-refractivity contribution in [2.24, 2.45) is 5.73 Å². The van der Waals surface area contributed by atoms with Gasteiger partial charge in [-0.15, -0.1) is 0 Å². The maximum atomic E-state index is 10.3. The Morgan fingerprint density at radius 1 is 1.04 bits per heavy atom. The highest BCUT2D eigenvalue weighted by atomic mass is 35.5. The fourth-order valence-corrected chi connectivity index (χ4v) is 2.07. The van der Waals surface area contributed by atoms with Gasteiger partial charge in [0.25, 0.3) is 0 Å². The first-order valence-electron chi connectivity index (χ1n) is 7.13. The molecule has 7 heteroatoms. The summed E-state index contributed by atoms with van der Waals surface area (Å²) >= 11 is 5.64. The van der Waals surface area contributed by atoms with E-state index in [1.54, 1.807) is 24.3 Å². The summed E-state index contributed by atoms with van der Waals surface area (Å²) in [6.45, 7) is -0.212. The third-order valence-corrected chi connectivity index (χ3v) is 3.54. The van der Waals surface area contributed by atoms with Crippen LogP contribution in [0.4, 0.5) is 0 Å². The fraction of sp³-hybridized carbons (Fsp3) is 0.235. The van der Waals surface area contributed by atoms with E-state index in [0.717, 1.165) is 5.56 Å². The number of carboxylic acid groups (broad SMARTS) is 1. The van der Waals surface area contributed by atoms with E-state index < -0.39 is 24.2 Å². The average Bonchev–Trinajstić information content (AvgIpc) is 2.61. The van der Waals surface area contributed by atoms with Gasteiger partial charge < -0.3 is 26.2 Å². The summed E-state index contributed by atoms with van der Waals surface area (Å²) in [5.74, 6) is -1.30. The Kier molecular flexibility index (Phi) is 8.39. The Morgan fingerprint density at radius 2 is 1.58 bits per heavy atom. The molecule has 0 aliphatic carbocycles. The third kappa shape index (κ3) is 5.92. The Bertz CT molecular complexity index is 638. The summed E-state index contributed by atoms with van der Waals surface area (Å²) in [6.07, 6.45) is -2.32. The predicted octanol–water partition coefficient (Wildman–Crippen LogP) is 1.50. The molecule has 2 rings (SSSR count). The van der Waals surface area contributed by atoms with Crippen molar-refractivity contribution < 1.29 is 25.2 Å². The molecule has 0 fully saturated rings. The maximum absolute atomic E-state index is 10.3. The van der Waals surface area contributed by atoms with Gasteiger partial charge in [0.05, 0.1) is 18.8 Å². The minimum Gasteiger partial charge on any atom is -0.479 e. The second-order valence-electron chi connectivity index (χ2n) is 4.96. The molecule has 0 aromatic heterocycles. The maximum Gasteiger partial charge on any atom is 0.337 e. The minimum absolute atomic E-state index is 0.212. The second kappa shape index (κ2) is 10.0. The number of rotatable bonds is 5. The van der Waals surface area contributed by atoms with Crippen LogP contribution in [0.25, 0.3) is 0 Å². The van der Waals surface area contributed by atoms with Gasteiger partial charge in [-0.05, 0) is 11.6 Å². The van der Waals surface area contributed by atoms with Crippen molar-refractivity contribution in [1.29, 1.82) is 0 Å². The Labute approximate surface area is 144 Å². The molecule has 0 bridgehead atoms. The number of aliphatic carboxylic acids is 1. The zero-order chi connectivity index (χ0) is 18.1. The number of hydrogen-bond acceptors (Lipinski definition) is 5. The van der Waals surface area contributed by atoms with E-state index in [0.29, 0.717) is 0 Å². The van der Waals surface area contributed by atoms with E-state index in [1.165, 1.54) is 12.1 Å². The number of aliphatic hydroxyl groups is 3. The highest BCUT2D eigenvalue weighted by Crippen LogP contribution is 2.22. The van der Waals surface area contributed by atoms with Crippen LogP contribution in [0.1, 0.15) is 23.3 Å². The van der Waals surface area contributed by atoms with Crippen molar-refractivity contribution >= 4 is 17.6 Å². The summed E-state index contributed by atoms with van der Waals surface area (Å²) in [5, 5.41) is 36.0. The van der Waals surface area contributed by atoms with Gasteiger partial charge >= 0.3 is 5.97 Å². The van der Waals surface area contributed by atoms with Gasteiger partial charge in [0.1, 0.15) is 0 Å². The highest BCUT2D eigenvalue weighted by molar-refractivity contribution is 6.31. The first-order valence-corrected chi connectivity index (χ1v) is 7.51. The van der Waals surface area contributed by atoms with Crippen LogP contribution < -0.4 is 5.73 Å². The molecule has 0 spiro atoms. The molecule has 0 aliphatic heterocycles. The number of aliphatic hydroxyl groups excluding tert-OH is 3. The van der Waals surface area contributed by atoms with Crippen LogP contribution in [0.15, 0.2) is 54.6 Å². The number of benzene rings is 2. The van der Waals surface area contributed by atoms with E-state index in [9.17, 15) is 9.90 Å². The Hall–Kier alpha value is -1.96. The summed E-state index contributed by atoms with van der Waals surface area (Å²) in [6, 6.07) is 14.7. The summed E-state index contributed by atoms with van der Waals surface area (Å²) in [7, 11) is 0. The molecule has 0 heterocycles. The lowest BCUT2D eigenvalue weighted by molar-refractivity contribution is -0.146. The van der Waals surface area contributed by atoms with E-state index in [2.05, 4.69) is 0 Å². The summed E-state index contributed by atoms with van der Waals surface area (Å²) in [4.78, 5) is 10.3. The number of nitrogens with two attached hydrogens (primary N) is 1. The van der Waals surface area contributed by atoms with Gasteiger partial charge in [0, 0.05) is 10.6 Å². The number of carboxylic acids is 1. The minimum atomic E-state index is -1.54. The second-order valence-corrected chi connectivity index (χ2v) is 5.37. The van der Waals surface area contributed by atoms with Crippen molar-refractivity contribution in [3.8, 4) is 0 Å². The molecule has 0 amide bonds. The molecule has 6 nitrogen and oxygen atoms in total. The van der Waals surface area contributed by atoms with E-state index in [-0.39, 0.29) is 17.2 Å². The van der Waals surface area contributed by atoms with Crippen LogP contribution >= 0.6 is 11.6 Å². The molecule has 0 aliphatic rings.